The van der Waals surface area contributed by atoms with E-state index in [1.54, 1.807) is 0 Å². The molecule has 1 unspecified atom stereocenters. The summed E-state index contributed by atoms with van der Waals surface area (Å²) in [6.45, 7) is 5.18. The van der Waals surface area contributed by atoms with Crippen molar-refractivity contribution < 1.29 is 0 Å². The summed E-state index contributed by atoms with van der Waals surface area (Å²) in [5.41, 5.74) is 7.27. The van der Waals surface area contributed by atoms with Crippen molar-refractivity contribution in [2.24, 2.45) is 11.8 Å². The molecule has 2 aliphatic carbocycles. The van der Waals surface area contributed by atoms with Crippen LogP contribution in [0.5, 0.6) is 0 Å². The number of allylic oxidation sites excluding steroid dienone is 4. The maximum atomic E-state index is 3.68. The first-order valence-corrected chi connectivity index (χ1v) is 14.8. The lowest BCUT2D eigenvalue weighted by Crippen LogP contribution is -2.52. The number of para-hydroxylation sites is 4. The number of hydrogen-bond donors (Lipinski definition) is 1. The smallest absolute Gasteiger partial charge is 0.160 e. The molecule has 1 heterocycles. The van der Waals surface area contributed by atoms with Crippen LogP contribution in [-0.2, 0) is 0 Å². The van der Waals surface area contributed by atoms with Gasteiger partial charge in [0.15, 0.2) is 8.24 Å². The fourth-order valence-corrected chi connectivity index (χ4v) is 10.5. The van der Waals surface area contributed by atoms with Gasteiger partial charge in [0, 0.05) is 0 Å². The Morgan fingerprint density at radius 2 is 1.28 bits per heavy atom. The van der Waals surface area contributed by atoms with Crippen molar-refractivity contribution in [3.8, 4) is 0 Å². The van der Waals surface area contributed by atoms with Gasteiger partial charge in [-0.15, -0.1) is 0 Å². The van der Waals surface area contributed by atoms with E-state index in [1.807, 2.05) is 0 Å². The third-order valence-corrected chi connectivity index (χ3v) is 12.0. The predicted octanol–water partition coefficient (Wildman–Crippen LogP) is 8.00. The van der Waals surface area contributed by atoms with Crippen LogP contribution in [0, 0.1) is 11.8 Å². The highest BCUT2D eigenvalue weighted by atomic mass is 28.3. The molecule has 32 heavy (non-hydrogen) atoms. The molecule has 3 aliphatic rings. The van der Waals surface area contributed by atoms with Gasteiger partial charge < -0.3 is 9.88 Å². The SMILES string of the molecule is C[Si](C)(C1C[C@H](c2ccccc2)[C@@H]2C=CC=C[C@H]12)N1c2ccccc2Nc2ccccc21. The minimum atomic E-state index is -1.95. The average Bonchev–Trinajstić information content (AvgIpc) is 3.23. The Balaban J connectivity index is 1.46. The zero-order valence-electron chi connectivity index (χ0n) is 18.8. The average molecular weight is 435 g/mol. The second-order valence-corrected chi connectivity index (χ2v) is 14.4. The standard InChI is InChI=1S/C29H30N2Si/c1-32(2,31-27-18-10-8-16-25(27)30-26-17-9-11-19-28(26)31)29-20-24(21-12-4-3-5-13-21)22-14-6-7-15-23(22)29/h3-19,22-24,29-30H,20H2,1-2H3/t22-,23+,24-,29?/m1/s1. The van der Waals surface area contributed by atoms with Gasteiger partial charge in [0.05, 0.1) is 22.7 Å². The summed E-state index contributed by atoms with van der Waals surface area (Å²) in [6, 6.07) is 28.9. The van der Waals surface area contributed by atoms with Gasteiger partial charge in [-0.3, -0.25) is 0 Å². The lowest BCUT2D eigenvalue weighted by Gasteiger charge is -2.48. The first-order chi connectivity index (χ1) is 15.6. The lowest BCUT2D eigenvalue weighted by atomic mass is 9.83. The van der Waals surface area contributed by atoms with Gasteiger partial charge in [0.1, 0.15) is 0 Å². The molecule has 1 saturated carbocycles. The first-order valence-electron chi connectivity index (χ1n) is 11.8. The Morgan fingerprint density at radius 1 is 0.719 bits per heavy atom. The van der Waals surface area contributed by atoms with Gasteiger partial charge in [-0.2, -0.15) is 0 Å². The largest absolute Gasteiger partial charge is 0.366 e. The minimum Gasteiger partial charge on any atom is -0.366 e. The van der Waals surface area contributed by atoms with E-state index in [9.17, 15) is 0 Å². The van der Waals surface area contributed by atoms with Crippen LogP contribution in [0.1, 0.15) is 17.9 Å². The molecule has 3 aromatic rings. The van der Waals surface area contributed by atoms with E-state index >= 15 is 0 Å². The summed E-state index contributed by atoms with van der Waals surface area (Å²) in [5, 5.41) is 3.68. The van der Waals surface area contributed by atoms with Gasteiger partial charge >= 0.3 is 0 Å². The fraction of sp³-hybridized carbons (Fsp3) is 0.241. The third kappa shape index (κ3) is 2.99. The molecule has 1 N–H and O–H groups in total. The van der Waals surface area contributed by atoms with Crippen LogP contribution >= 0.6 is 0 Å². The van der Waals surface area contributed by atoms with E-state index in [-0.39, 0.29) is 0 Å². The fourth-order valence-electron chi connectivity index (χ4n) is 6.46. The summed E-state index contributed by atoms with van der Waals surface area (Å²) in [4.78, 5) is 0. The van der Waals surface area contributed by atoms with Crippen LogP contribution < -0.4 is 9.88 Å². The quantitative estimate of drug-likeness (QED) is 0.420. The Labute approximate surface area is 192 Å². The predicted molar refractivity (Wildman–Crippen MR) is 139 cm³/mol. The van der Waals surface area contributed by atoms with Crippen molar-refractivity contribution in [1.82, 2.24) is 0 Å². The molecule has 0 bridgehead atoms. The van der Waals surface area contributed by atoms with Gasteiger partial charge in [-0.25, -0.2) is 0 Å². The molecule has 1 aliphatic heterocycles. The lowest BCUT2D eigenvalue weighted by molar-refractivity contribution is 0.505. The number of fused-ring (bicyclic) bond motifs is 3. The summed E-state index contributed by atoms with van der Waals surface area (Å²) in [7, 11) is -1.95. The Hall–Kier alpha value is -3.04. The van der Waals surface area contributed by atoms with E-state index in [0.717, 1.165) is 0 Å². The molecule has 0 radical (unpaired) electrons. The molecule has 3 heteroatoms. The zero-order valence-corrected chi connectivity index (χ0v) is 19.8. The molecule has 0 spiro atoms. The van der Waals surface area contributed by atoms with E-state index in [0.29, 0.717) is 23.3 Å². The second kappa shape index (κ2) is 7.53. The Morgan fingerprint density at radius 3 is 1.94 bits per heavy atom. The summed E-state index contributed by atoms with van der Waals surface area (Å²) >= 11 is 0. The molecular formula is C29H30N2Si. The first kappa shape index (κ1) is 19.6. The van der Waals surface area contributed by atoms with E-state index < -0.39 is 8.24 Å². The monoisotopic (exact) mass is 434 g/mol. The molecule has 0 amide bonds. The molecule has 2 nitrogen and oxygen atoms in total. The van der Waals surface area contributed by atoms with E-state index in [1.165, 1.54) is 34.7 Å². The number of benzene rings is 3. The maximum absolute atomic E-state index is 3.68. The van der Waals surface area contributed by atoms with Crippen LogP contribution in [0.25, 0.3) is 0 Å². The van der Waals surface area contributed by atoms with Gasteiger partial charge in [-0.1, -0.05) is 92.0 Å². The summed E-state index contributed by atoms with van der Waals surface area (Å²) in [5.74, 6) is 1.78. The number of anilines is 4. The number of nitrogens with zero attached hydrogens (tertiary/aromatic N) is 1. The highest BCUT2D eigenvalue weighted by Crippen LogP contribution is 2.59. The number of hydrogen-bond acceptors (Lipinski definition) is 2. The van der Waals surface area contributed by atoms with E-state index in [4.69, 9.17) is 0 Å². The van der Waals surface area contributed by atoms with E-state index in [2.05, 4.69) is 126 Å². The van der Waals surface area contributed by atoms with Crippen molar-refractivity contribution in [3.05, 3.63) is 109 Å². The second-order valence-electron chi connectivity index (χ2n) is 9.93. The van der Waals surface area contributed by atoms with Crippen LogP contribution in [0.15, 0.2) is 103 Å². The molecule has 160 valence electrons. The molecule has 0 aromatic heterocycles. The van der Waals surface area contributed by atoms with Gasteiger partial charge in [-0.05, 0) is 59.5 Å². The van der Waals surface area contributed by atoms with Crippen LogP contribution in [0.3, 0.4) is 0 Å². The van der Waals surface area contributed by atoms with Crippen LogP contribution in [0.2, 0.25) is 18.6 Å². The molecule has 0 saturated heterocycles. The Kier molecular flexibility index (Phi) is 4.62. The van der Waals surface area contributed by atoms with Crippen LogP contribution in [0.4, 0.5) is 22.7 Å². The highest BCUT2D eigenvalue weighted by Gasteiger charge is 2.52. The molecular weight excluding hydrogens is 404 g/mol. The highest BCUT2D eigenvalue weighted by molar-refractivity contribution is 6.84. The summed E-state index contributed by atoms with van der Waals surface area (Å²) < 4.78 is 2.75. The zero-order chi connectivity index (χ0) is 21.7. The molecule has 6 rings (SSSR count). The van der Waals surface area contributed by atoms with Crippen molar-refractivity contribution in [2.45, 2.75) is 31.0 Å². The van der Waals surface area contributed by atoms with Crippen LogP contribution in [-0.4, -0.2) is 8.24 Å². The molecule has 1 fully saturated rings. The molecule has 4 atom stereocenters. The summed E-state index contributed by atoms with van der Waals surface area (Å²) in [6.07, 6.45) is 10.8. The van der Waals surface area contributed by atoms with Gasteiger partial charge in [0.2, 0.25) is 0 Å². The third-order valence-electron chi connectivity index (χ3n) is 7.93. The van der Waals surface area contributed by atoms with Crippen molar-refractivity contribution >= 4 is 31.0 Å². The Bertz CT molecular complexity index is 1150. The van der Waals surface area contributed by atoms with Crippen molar-refractivity contribution in [2.75, 3.05) is 9.88 Å². The maximum Gasteiger partial charge on any atom is 0.160 e. The van der Waals surface area contributed by atoms with Crippen molar-refractivity contribution in [3.63, 3.8) is 0 Å². The normalized spacial score (nSPS) is 25.6. The topological polar surface area (TPSA) is 15.3 Å². The number of nitrogens with one attached hydrogen (secondary N) is 1. The number of rotatable bonds is 3. The van der Waals surface area contributed by atoms with Gasteiger partial charge in [0.25, 0.3) is 0 Å². The minimum absolute atomic E-state index is 0.590. The van der Waals surface area contributed by atoms with Crippen molar-refractivity contribution in [1.29, 1.82) is 0 Å². The molecule has 3 aromatic carbocycles.